The summed E-state index contributed by atoms with van der Waals surface area (Å²) in [6.45, 7) is 4.18. The van der Waals surface area contributed by atoms with E-state index in [4.69, 9.17) is 16.3 Å². The molecule has 2 N–H and O–H groups in total. The fourth-order valence-corrected chi connectivity index (χ4v) is 4.05. The lowest BCUT2D eigenvalue weighted by molar-refractivity contribution is -0.384. The van der Waals surface area contributed by atoms with Crippen molar-refractivity contribution < 1.29 is 24.0 Å². The Balaban J connectivity index is 1.91. The first-order chi connectivity index (χ1) is 16.7. The Morgan fingerprint density at radius 2 is 2.00 bits per heavy atom. The first-order valence-corrected chi connectivity index (χ1v) is 11.3. The van der Waals surface area contributed by atoms with Gasteiger partial charge in [-0.25, -0.2) is 9.59 Å². The second-order valence-electron chi connectivity index (χ2n) is 7.88. The van der Waals surface area contributed by atoms with Crippen LogP contribution in [0.15, 0.2) is 53.7 Å². The van der Waals surface area contributed by atoms with E-state index in [2.05, 4.69) is 10.6 Å². The lowest BCUT2D eigenvalue weighted by atomic mass is 9.94. The molecule has 0 spiro atoms. The summed E-state index contributed by atoms with van der Waals surface area (Å²) in [4.78, 5) is 50.0. The highest BCUT2D eigenvalue weighted by Gasteiger charge is 2.36. The van der Waals surface area contributed by atoms with Crippen molar-refractivity contribution >= 4 is 40.9 Å². The molecule has 0 radical (unpaired) electrons. The van der Waals surface area contributed by atoms with E-state index in [0.29, 0.717) is 29.1 Å². The van der Waals surface area contributed by atoms with Gasteiger partial charge in [-0.1, -0.05) is 37.1 Å². The Labute approximate surface area is 207 Å². The topological polar surface area (TPSA) is 131 Å². The SMILES string of the molecule is CCCCN1C(=O)N[C@H](c2cccc(NC(=O)c3ccc([N+](=O)[O-])cc3Cl)c2)C(C(=O)OC)=C1C. The van der Waals surface area contributed by atoms with Gasteiger partial charge < -0.3 is 15.4 Å². The molecule has 0 bridgehead atoms. The van der Waals surface area contributed by atoms with E-state index in [0.717, 1.165) is 18.9 Å². The molecule has 3 amide bonds. The highest BCUT2D eigenvalue weighted by molar-refractivity contribution is 6.34. The number of carbonyl (C=O) groups is 3. The Morgan fingerprint density at radius 3 is 2.63 bits per heavy atom. The van der Waals surface area contributed by atoms with Crippen LogP contribution in [0.2, 0.25) is 5.02 Å². The van der Waals surface area contributed by atoms with Gasteiger partial charge in [-0.15, -0.1) is 0 Å². The summed E-state index contributed by atoms with van der Waals surface area (Å²) in [7, 11) is 1.27. The van der Waals surface area contributed by atoms with E-state index >= 15 is 0 Å². The van der Waals surface area contributed by atoms with E-state index in [1.807, 2.05) is 6.92 Å². The van der Waals surface area contributed by atoms with Crippen LogP contribution in [-0.2, 0) is 9.53 Å². The fraction of sp³-hybridized carbons (Fsp3) is 0.292. The van der Waals surface area contributed by atoms with Gasteiger partial charge in [-0.05, 0) is 37.1 Å². The van der Waals surface area contributed by atoms with Gasteiger partial charge in [-0.2, -0.15) is 0 Å². The number of anilines is 1. The van der Waals surface area contributed by atoms with Crippen molar-refractivity contribution in [2.24, 2.45) is 0 Å². The summed E-state index contributed by atoms with van der Waals surface area (Å²) in [5, 5.41) is 16.4. The number of methoxy groups -OCH3 is 1. The van der Waals surface area contributed by atoms with Gasteiger partial charge in [-0.3, -0.25) is 19.8 Å². The number of halogens is 1. The lowest BCUT2D eigenvalue weighted by Crippen LogP contribution is -2.48. The van der Waals surface area contributed by atoms with Crippen LogP contribution in [0.4, 0.5) is 16.2 Å². The summed E-state index contributed by atoms with van der Waals surface area (Å²) in [5.74, 6) is -1.14. The minimum atomic E-state index is -0.785. The molecular weight excluding hydrogens is 476 g/mol. The molecule has 10 nitrogen and oxygen atoms in total. The molecule has 1 aliphatic heterocycles. The van der Waals surface area contributed by atoms with Gasteiger partial charge in [0.15, 0.2) is 0 Å². The zero-order chi connectivity index (χ0) is 25.7. The van der Waals surface area contributed by atoms with Crippen molar-refractivity contribution in [2.45, 2.75) is 32.7 Å². The van der Waals surface area contributed by atoms with E-state index in [-0.39, 0.29) is 22.3 Å². The van der Waals surface area contributed by atoms with E-state index < -0.39 is 22.8 Å². The third-order valence-corrected chi connectivity index (χ3v) is 5.94. The molecule has 0 unspecified atom stereocenters. The van der Waals surface area contributed by atoms with Gasteiger partial charge in [0, 0.05) is 30.1 Å². The van der Waals surface area contributed by atoms with Crippen molar-refractivity contribution in [1.29, 1.82) is 0 Å². The minimum absolute atomic E-state index is 0.0613. The number of ether oxygens (including phenoxy) is 1. The molecule has 35 heavy (non-hydrogen) atoms. The van der Waals surface area contributed by atoms with Crippen molar-refractivity contribution in [1.82, 2.24) is 10.2 Å². The molecule has 1 atom stereocenters. The van der Waals surface area contributed by atoms with Crippen molar-refractivity contribution in [3.05, 3.63) is 80.0 Å². The molecule has 3 rings (SSSR count). The summed E-state index contributed by atoms with van der Waals surface area (Å²) in [6, 6.07) is 9.09. The van der Waals surface area contributed by atoms with Crippen LogP contribution < -0.4 is 10.6 Å². The molecule has 2 aromatic rings. The Kier molecular flexibility index (Phi) is 8.08. The number of non-ortho nitro benzene ring substituents is 1. The molecule has 0 aromatic heterocycles. The standard InChI is InChI=1S/C24H25ClN4O6/c1-4-5-11-28-14(2)20(23(31)35-3)21(27-24(28)32)15-7-6-8-16(12-15)26-22(30)18-10-9-17(29(33)34)13-19(18)25/h6-10,12-13,21H,4-5,11H2,1-3H3,(H,26,30)(H,27,32)/t21-/m1/s1. The van der Waals surface area contributed by atoms with Crippen LogP contribution in [0.5, 0.6) is 0 Å². The maximum atomic E-state index is 12.8. The number of allylic oxidation sites excluding steroid dienone is 1. The summed E-state index contributed by atoms with van der Waals surface area (Å²) in [6.07, 6.45) is 1.66. The first kappa shape index (κ1) is 25.7. The largest absolute Gasteiger partial charge is 0.466 e. The van der Waals surface area contributed by atoms with E-state index in [1.54, 1.807) is 31.2 Å². The van der Waals surface area contributed by atoms with Gasteiger partial charge in [0.05, 0.1) is 34.2 Å². The third-order valence-electron chi connectivity index (χ3n) is 5.62. The highest BCUT2D eigenvalue weighted by Crippen LogP contribution is 2.33. The number of nitro benzene ring substituents is 1. The summed E-state index contributed by atoms with van der Waals surface area (Å²) < 4.78 is 4.99. The monoisotopic (exact) mass is 500 g/mol. The van der Waals surface area contributed by atoms with Crippen molar-refractivity contribution in [3.63, 3.8) is 0 Å². The van der Waals surface area contributed by atoms with Crippen LogP contribution in [0.25, 0.3) is 0 Å². The highest BCUT2D eigenvalue weighted by atomic mass is 35.5. The number of amides is 3. The number of carbonyl (C=O) groups excluding carboxylic acids is 3. The maximum absolute atomic E-state index is 12.8. The molecule has 2 aromatic carbocycles. The number of nitrogens with zero attached hydrogens (tertiary/aromatic N) is 2. The van der Waals surface area contributed by atoms with Gasteiger partial charge in [0.1, 0.15) is 0 Å². The third kappa shape index (κ3) is 5.60. The van der Waals surface area contributed by atoms with Crippen LogP contribution in [0.1, 0.15) is 48.7 Å². The number of urea groups is 1. The molecule has 0 fully saturated rings. The first-order valence-electron chi connectivity index (χ1n) is 10.9. The number of hydrogen-bond acceptors (Lipinski definition) is 6. The molecule has 0 saturated heterocycles. The zero-order valence-corrected chi connectivity index (χ0v) is 20.2. The molecule has 11 heteroatoms. The normalized spacial score (nSPS) is 15.5. The van der Waals surface area contributed by atoms with E-state index in [1.165, 1.54) is 24.1 Å². The van der Waals surface area contributed by atoms with Gasteiger partial charge in [0.2, 0.25) is 0 Å². The Morgan fingerprint density at radius 1 is 1.26 bits per heavy atom. The Hall–Kier alpha value is -3.92. The van der Waals surface area contributed by atoms with Gasteiger partial charge in [0.25, 0.3) is 11.6 Å². The molecule has 1 heterocycles. The van der Waals surface area contributed by atoms with Crippen LogP contribution in [0.3, 0.4) is 0 Å². The molecule has 0 aliphatic carbocycles. The molecule has 184 valence electrons. The fourth-order valence-electron chi connectivity index (χ4n) is 3.79. The predicted octanol–water partition coefficient (Wildman–Crippen LogP) is 4.81. The number of rotatable bonds is 8. The summed E-state index contributed by atoms with van der Waals surface area (Å²) >= 11 is 6.06. The average molecular weight is 501 g/mol. The second-order valence-corrected chi connectivity index (χ2v) is 8.29. The average Bonchev–Trinajstić information content (AvgIpc) is 2.83. The van der Waals surface area contributed by atoms with Crippen molar-refractivity contribution in [3.8, 4) is 0 Å². The molecule has 1 aliphatic rings. The molecule has 0 saturated carbocycles. The number of hydrogen-bond donors (Lipinski definition) is 2. The predicted molar refractivity (Wildman–Crippen MR) is 130 cm³/mol. The number of esters is 1. The minimum Gasteiger partial charge on any atom is -0.466 e. The van der Waals surface area contributed by atoms with Gasteiger partial charge >= 0.3 is 12.0 Å². The second kappa shape index (κ2) is 11.0. The van der Waals surface area contributed by atoms with E-state index in [9.17, 15) is 24.5 Å². The van der Waals surface area contributed by atoms with Crippen LogP contribution >= 0.6 is 11.6 Å². The quantitative estimate of drug-likeness (QED) is 0.303. The zero-order valence-electron chi connectivity index (χ0n) is 19.5. The smallest absolute Gasteiger partial charge is 0.337 e. The lowest BCUT2D eigenvalue weighted by Gasteiger charge is -2.35. The maximum Gasteiger partial charge on any atom is 0.337 e. The van der Waals surface area contributed by atoms with Crippen molar-refractivity contribution in [2.75, 3.05) is 19.0 Å². The van der Waals surface area contributed by atoms with Crippen LogP contribution in [-0.4, -0.2) is 41.4 Å². The number of nitrogens with one attached hydrogen (secondary N) is 2. The number of unbranched alkanes of at least 4 members (excludes halogenated alkanes) is 1. The van der Waals surface area contributed by atoms with Crippen LogP contribution in [0, 0.1) is 10.1 Å². The summed E-state index contributed by atoms with van der Waals surface area (Å²) in [5.41, 5.74) is 1.57. The molecular formula is C24H25ClN4O6. The Bertz CT molecular complexity index is 1210. The number of nitro groups is 1. The number of benzene rings is 2.